The van der Waals surface area contributed by atoms with Crippen LogP contribution in [-0.2, 0) is 23.7 Å². The Balaban J connectivity index is 1.82. The van der Waals surface area contributed by atoms with Crippen molar-refractivity contribution >= 4 is 5.91 Å². The SMILES string of the molecule is CC/C=C\C/C=C\C/C=C\C/C=C\CCCCCCCCCCC(=O)NC(COC1OC(CO)C(OC2OC(CO)C(O)C(O)C2O)C(O)C1O)C(O)/C=C/CC/C=C/CCCCCCC. The first-order valence-corrected chi connectivity index (χ1v) is 25.2. The lowest BCUT2D eigenvalue weighted by atomic mass is 9.97. The maximum absolute atomic E-state index is 13.2. The molecule has 12 unspecified atom stereocenters. The molecule has 2 aliphatic rings. The van der Waals surface area contributed by atoms with E-state index in [1.54, 1.807) is 6.08 Å². The van der Waals surface area contributed by atoms with Gasteiger partial charge in [-0.15, -0.1) is 0 Å². The molecule has 0 spiro atoms. The number of rotatable bonds is 37. The fraction of sp³-hybridized carbons (Fsp3) is 0.750. The van der Waals surface area contributed by atoms with Crippen molar-refractivity contribution in [2.75, 3.05) is 19.8 Å². The second-order valence-electron chi connectivity index (χ2n) is 17.6. The minimum absolute atomic E-state index is 0.260. The topological polar surface area (TPSA) is 228 Å². The number of carbonyl (C=O) groups excluding carboxylic acids is 1. The third-order valence-electron chi connectivity index (χ3n) is 11.9. The fourth-order valence-electron chi connectivity index (χ4n) is 7.77. The zero-order valence-corrected chi connectivity index (χ0v) is 40.2. The van der Waals surface area contributed by atoms with Crippen molar-refractivity contribution in [2.24, 2.45) is 0 Å². The third kappa shape index (κ3) is 25.2. The van der Waals surface area contributed by atoms with Crippen LogP contribution in [0.5, 0.6) is 0 Å². The minimum Gasteiger partial charge on any atom is -0.394 e. The summed E-state index contributed by atoms with van der Waals surface area (Å²) in [5, 5.41) is 86.6. The van der Waals surface area contributed by atoms with E-state index >= 15 is 0 Å². The Morgan fingerprint density at radius 2 is 1.06 bits per heavy atom. The Morgan fingerprint density at radius 1 is 0.561 bits per heavy atom. The van der Waals surface area contributed by atoms with Crippen LogP contribution in [0.2, 0.25) is 0 Å². The smallest absolute Gasteiger partial charge is 0.220 e. The average Bonchev–Trinajstić information content (AvgIpc) is 3.31. The van der Waals surface area contributed by atoms with Crippen LogP contribution in [-0.4, -0.2) is 140 Å². The molecule has 2 fully saturated rings. The van der Waals surface area contributed by atoms with Crippen LogP contribution < -0.4 is 5.32 Å². The van der Waals surface area contributed by atoms with E-state index in [1.807, 2.05) is 6.08 Å². The van der Waals surface area contributed by atoms with Gasteiger partial charge in [0.2, 0.25) is 5.91 Å². The van der Waals surface area contributed by atoms with Gasteiger partial charge < -0.3 is 65.1 Å². The molecule has 0 bridgehead atoms. The van der Waals surface area contributed by atoms with Gasteiger partial charge in [0, 0.05) is 6.42 Å². The summed E-state index contributed by atoms with van der Waals surface area (Å²) in [6, 6.07) is -0.937. The molecule has 0 aromatic heterocycles. The average molecular weight is 936 g/mol. The normalized spacial score (nSPS) is 27.4. The molecular formula is C52H89NO13. The molecule has 2 saturated heterocycles. The number of hydrogen-bond acceptors (Lipinski definition) is 13. The van der Waals surface area contributed by atoms with Crippen molar-refractivity contribution < 1.29 is 64.6 Å². The minimum atomic E-state index is -1.79. The predicted octanol–water partition coefficient (Wildman–Crippen LogP) is 6.43. The summed E-state index contributed by atoms with van der Waals surface area (Å²) >= 11 is 0. The molecular weight excluding hydrogens is 847 g/mol. The third-order valence-corrected chi connectivity index (χ3v) is 11.9. The molecule has 2 aliphatic heterocycles. The summed E-state index contributed by atoms with van der Waals surface area (Å²) in [6.07, 6.45) is 30.9. The standard InChI is InChI=1S/C52H89NO13/c1-3-5-7-9-11-13-15-16-17-18-19-20-21-22-23-24-26-28-30-32-34-36-44(57)53-40(41(56)35-33-31-29-27-25-14-12-10-8-6-4-2)39-63-51-49(62)47(60)50(43(38-55)65-51)66-52-48(61)46(59)45(58)42(37-54)64-52/h5,7,11,13,16-17,19-20,25,27,33,35,40-43,45-52,54-56,58-62H,3-4,6,8-10,12,14-15,18,21-24,26,28-32,34,36-39H2,1-2H3,(H,53,57)/b7-5-,13-11-,17-16-,20-19-,27-25+,35-33+. The van der Waals surface area contributed by atoms with Crippen molar-refractivity contribution in [3.05, 3.63) is 72.9 Å². The lowest BCUT2D eigenvalue weighted by Gasteiger charge is -2.46. The van der Waals surface area contributed by atoms with Crippen molar-refractivity contribution in [2.45, 2.75) is 229 Å². The van der Waals surface area contributed by atoms with E-state index in [4.69, 9.17) is 18.9 Å². The van der Waals surface area contributed by atoms with Crippen molar-refractivity contribution in [3.8, 4) is 0 Å². The van der Waals surface area contributed by atoms with E-state index in [9.17, 15) is 45.6 Å². The van der Waals surface area contributed by atoms with Gasteiger partial charge in [-0.2, -0.15) is 0 Å². The summed E-state index contributed by atoms with van der Waals surface area (Å²) in [5.74, 6) is -0.264. The summed E-state index contributed by atoms with van der Waals surface area (Å²) in [7, 11) is 0. The van der Waals surface area contributed by atoms with Crippen LogP contribution in [0, 0.1) is 0 Å². The van der Waals surface area contributed by atoms with Gasteiger partial charge in [0.05, 0.1) is 32.0 Å². The number of amides is 1. The highest BCUT2D eigenvalue weighted by Gasteiger charge is 2.51. The fourth-order valence-corrected chi connectivity index (χ4v) is 7.77. The van der Waals surface area contributed by atoms with Crippen LogP contribution in [0.3, 0.4) is 0 Å². The van der Waals surface area contributed by atoms with E-state index in [0.717, 1.165) is 70.6 Å². The molecule has 2 heterocycles. The molecule has 2 rings (SSSR count). The van der Waals surface area contributed by atoms with Crippen molar-refractivity contribution in [3.63, 3.8) is 0 Å². The van der Waals surface area contributed by atoms with Crippen LogP contribution >= 0.6 is 0 Å². The first-order valence-electron chi connectivity index (χ1n) is 25.2. The Labute approximate surface area is 396 Å². The first-order chi connectivity index (χ1) is 32.1. The molecule has 14 heteroatoms. The Bertz CT molecular complexity index is 1380. The van der Waals surface area contributed by atoms with Crippen LogP contribution in [0.25, 0.3) is 0 Å². The monoisotopic (exact) mass is 936 g/mol. The number of unbranched alkanes of at least 4 members (excludes halogenated alkanes) is 14. The van der Waals surface area contributed by atoms with Gasteiger partial charge in [0.1, 0.15) is 48.8 Å². The zero-order chi connectivity index (χ0) is 48.2. The van der Waals surface area contributed by atoms with Gasteiger partial charge in [-0.25, -0.2) is 0 Å². The second-order valence-corrected chi connectivity index (χ2v) is 17.6. The lowest BCUT2D eigenvalue weighted by Crippen LogP contribution is -2.65. The first kappa shape index (κ1) is 59.6. The number of hydrogen-bond donors (Lipinski definition) is 9. The molecule has 1 amide bonds. The number of carbonyl (C=O) groups is 1. The van der Waals surface area contributed by atoms with E-state index in [2.05, 4.69) is 79.9 Å². The van der Waals surface area contributed by atoms with Gasteiger partial charge in [-0.3, -0.25) is 4.79 Å². The summed E-state index contributed by atoms with van der Waals surface area (Å²) < 4.78 is 22.6. The molecule has 12 atom stereocenters. The number of aliphatic hydroxyl groups excluding tert-OH is 8. The Hall–Kier alpha value is -2.57. The van der Waals surface area contributed by atoms with Crippen molar-refractivity contribution in [1.29, 1.82) is 0 Å². The number of aliphatic hydroxyl groups is 8. The molecule has 380 valence electrons. The van der Waals surface area contributed by atoms with Gasteiger partial charge >= 0.3 is 0 Å². The van der Waals surface area contributed by atoms with Gasteiger partial charge in [-0.05, 0) is 70.6 Å². The quantitative estimate of drug-likeness (QED) is 0.0242. The molecule has 0 radical (unpaired) electrons. The highest BCUT2D eigenvalue weighted by atomic mass is 16.7. The predicted molar refractivity (Wildman–Crippen MR) is 258 cm³/mol. The molecule has 14 nitrogen and oxygen atoms in total. The van der Waals surface area contributed by atoms with E-state index in [0.29, 0.717) is 12.8 Å². The largest absolute Gasteiger partial charge is 0.394 e. The Morgan fingerprint density at radius 3 is 1.67 bits per heavy atom. The maximum Gasteiger partial charge on any atom is 0.220 e. The Kier molecular flexibility index (Phi) is 34.6. The molecule has 0 aliphatic carbocycles. The summed E-state index contributed by atoms with van der Waals surface area (Å²) in [5.41, 5.74) is 0. The highest BCUT2D eigenvalue weighted by Crippen LogP contribution is 2.30. The second kappa shape index (κ2) is 38.3. The zero-order valence-electron chi connectivity index (χ0n) is 40.2. The van der Waals surface area contributed by atoms with Gasteiger partial charge in [0.15, 0.2) is 12.6 Å². The van der Waals surface area contributed by atoms with Crippen LogP contribution in [0.4, 0.5) is 0 Å². The molecule has 66 heavy (non-hydrogen) atoms. The lowest BCUT2D eigenvalue weighted by molar-refractivity contribution is -0.359. The van der Waals surface area contributed by atoms with Crippen molar-refractivity contribution in [1.82, 2.24) is 5.32 Å². The summed E-state index contributed by atoms with van der Waals surface area (Å²) in [6.45, 7) is 2.59. The van der Waals surface area contributed by atoms with E-state index in [-0.39, 0.29) is 18.9 Å². The molecule has 9 N–H and O–H groups in total. The van der Waals surface area contributed by atoms with Crippen LogP contribution in [0.1, 0.15) is 155 Å². The number of ether oxygens (including phenoxy) is 4. The molecule has 0 aromatic rings. The van der Waals surface area contributed by atoms with Gasteiger partial charge in [-0.1, -0.05) is 151 Å². The number of allylic oxidation sites excluding steroid dienone is 11. The highest BCUT2D eigenvalue weighted by molar-refractivity contribution is 5.76. The molecule has 0 saturated carbocycles. The molecule has 0 aromatic carbocycles. The van der Waals surface area contributed by atoms with Crippen LogP contribution in [0.15, 0.2) is 72.9 Å². The summed E-state index contributed by atoms with van der Waals surface area (Å²) in [4.78, 5) is 13.2. The maximum atomic E-state index is 13.2. The van der Waals surface area contributed by atoms with E-state index in [1.165, 1.54) is 51.4 Å². The number of nitrogens with one attached hydrogen (secondary N) is 1. The van der Waals surface area contributed by atoms with E-state index < -0.39 is 86.8 Å². The van der Waals surface area contributed by atoms with Gasteiger partial charge in [0.25, 0.3) is 0 Å².